The molecule has 1 unspecified atom stereocenters. The Hall–Kier alpha value is -9.88. The quantitative estimate of drug-likeness (QED) is 0.0287. The third-order valence-corrected chi connectivity index (χ3v) is 13.7. The van der Waals surface area contributed by atoms with E-state index >= 15 is 0 Å². The lowest BCUT2D eigenvalue weighted by molar-refractivity contribution is -0.193. The molecule has 506 valence electrons. The highest BCUT2D eigenvalue weighted by atomic mass is 32.1. The second kappa shape index (κ2) is 48.0. The monoisotopic (exact) mass is 1320 g/mol. The van der Waals surface area contributed by atoms with Crippen molar-refractivity contribution >= 4 is 107 Å². The maximum atomic E-state index is 13.5. The molecule has 0 aliphatic carbocycles. The molecule has 0 radical (unpaired) electrons. The van der Waals surface area contributed by atoms with Crippen LogP contribution in [0.4, 0.5) is 15.3 Å². The van der Waals surface area contributed by atoms with Crippen molar-refractivity contribution in [2.45, 2.75) is 114 Å². The number of rotatable bonds is 36. The van der Waals surface area contributed by atoms with Crippen LogP contribution >= 0.6 is 12.2 Å². The molecule has 2 aromatic rings. The first-order chi connectivity index (χ1) is 43.6. The van der Waals surface area contributed by atoms with Crippen LogP contribution in [0.2, 0.25) is 0 Å². The molecule has 0 aromatic heterocycles. The van der Waals surface area contributed by atoms with E-state index in [9.17, 15) is 78.3 Å². The number of aliphatic carboxylic acids is 6. The molecule has 0 spiro atoms. The number of anilines is 1. The van der Waals surface area contributed by atoms with Gasteiger partial charge >= 0.3 is 66.3 Å². The Morgan fingerprint density at radius 3 is 1.60 bits per heavy atom. The van der Waals surface area contributed by atoms with Crippen molar-refractivity contribution in [3.8, 4) is 0 Å². The maximum Gasteiger partial charge on any atom is 0.373 e. The van der Waals surface area contributed by atoms with Crippen LogP contribution in [0.3, 0.4) is 0 Å². The number of carbonyl (C=O) groups is 11. The number of benzene rings is 2. The van der Waals surface area contributed by atoms with E-state index in [0.29, 0.717) is 55.1 Å². The lowest BCUT2D eigenvalue weighted by Crippen LogP contribution is -2.47. The number of thiocarbonyl (C=S) groups is 1. The van der Waals surface area contributed by atoms with Crippen LogP contribution in [0, 0.1) is 5.92 Å². The average molecular weight is 1320 g/mol. The molecular weight excluding hydrogens is 1240 g/mol. The summed E-state index contributed by atoms with van der Waals surface area (Å²) in [6.07, 6.45) is 0.0349. The van der Waals surface area contributed by atoms with E-state index in [2.05, 4.69) is 52.3 Å². The molecule has 1 saturated heterocycles. The average Bonchev–Trinajstić information content (AvgIpc) is 1.50. The maximum absolute atomic E-state index is 13.5. The Labute approximate surface area is 532 Å². The minimum Gasteiger partial charge on any atom is -0.481 e. The molecule has 1 fully saturated rings. The highest BCUT2D eigenvalue weighted by Crippen LogP contribution is 2.17. The first-order valence-electron chi connectivity index (χ1n) is 28.4. The smallest absolute Gasteiger partial charge is 0.373 e. The molecule has 0 saturated carbocycles. The van der Waals surface area contributed by atoms with Gasteiger partial charge in [0.25, 0.3) is 0 Å². The summed E-state index contributed by atoms with van der Waals surface area (Å²) in [5.41, 5.74) is 2.92. The summed E-state index contributed by atoms with van der Waals surface area (Å²) in [5.74, 6) is -11.9. The van der Waals surface area contributed by atoms with Crippen molar-refractivity contribution in [2.24, 2.45) is 5.92 Å². The highest BCUT2D eigenvalue weighted by Gasteiger charge is 2.33. The summed E-state index contributed by atoms with van der Waals surface area (Å²) in [4.78, 5) is 189. The van der Waals surface area contributed by atoms with Gasteiger partial charge in [0.1, 0.15) is 12.1 Å². The van der Waals surface area contributed by atoms with E-state index < -0.39 is 109 Å². The van der Waals surface area contributed by atoms with Gasteiger partial charge in [0.2, 0.25) is 11.8 Å². The zero-order valence-corrected chi connectivity index (χ0v) is 51.5. The number of hydrogen-bond acceptors (Lipinski definition) is 21. The first kappa shape index (κ1) is 82.1. The summed E-state index contributed by atoms with van der Waals surface area (Å²) >= 11 is 5.46. The van der Waals surface area contributed by atoms with Crippen LogP contribution in [-0.4, -0.2) is 232 Å². The first-order valence-corrected chi connectivity index (χ1v) is 28.8. The van der Waals surface area contributed by atoms with Crippen molar-refractivity contribution in [3.63, 3.8) is 0 Å². The zero-order valence-electron chi connectivity index (χ0n) is 50.6. The van der Waals surface area contributed by atoms with Gasteiger partial charge in [0, 0.05) is 83.5 Å². The fourth-order valence-corrected chi connectivity index (χ4v) is 8.99. The summed E-state index contributed by atoms with van der Waals surface area (Å²) in [5, 5.41) is 77.6. The molecule has 0 bridgehead atoms. The van der Waals surface area contributed by atoms with E-state index in [1.807, 2.05) is 43.3 Å². The van der Waals surface area contributed by atoms with Crippen LogP contribution < -0.4 is 42.5 Å². The minimum absolute atomic E-state index is 0.00313. The van der Waals surface area contributed by atoms with Crippen LogP contribution in [0.25, 0.3) is 0 Å². The fraction of sp³-hybridized carbons (Fsp3) is 0.526. The Morgan fingerprint density at radius 2 is 1.05 bits per heavy atom. The van der Waals surface area contributed by atoms with Crippen molar-refractivity contribution in [1.29, 1.82) is 0 Å². The Kier molecular flexibility index (Phi) is 42.9. The normalized spacial score (nSPS) is 14.2. The number of ketones is 1. The summed E-state index contributed by atoms with van der Waals surface area (Å²) < 4.78 is 0. The number of carboxylic acid groups (broad SMARTS) is 6. The molecule has 6 amide bonds. The van der Waals surface area contributed by atoms with Gasteiger partial charge in [-0.25, -0.2) is 19.2 Å². The fourth-order valence-electron chi connectivity index (χ4n) is 8.77. The molecule has 3 rings (SSSR count). The van der Waals surface area contributed by atoms with Gasteiger partial charge in [0.05, 0.1) is 37.8 Å². The van der Waals surface area contributed by atoms with Crippen molar-refractivity contribution in [2.75, 3.05) is 78.3 Å². The zero-order chi connectivity index (χ0) is 69.6. The molecule has 1 aliphatic rings. The Bertz CT molecular complexity index is 2800. The predicted molar refractivity (Wildman–Crippen MR) is 319 cm³/mol. The standard InChI is InChI=1S/C54H79N11O17S.3CO2/c1-63-22-24-65(33-48(74)75)25-23-64(2)39(32-63)26-34-15-17-38(18-16-34)59-54(83)57-20-6-4-8-40(50(77)78)61-49(76)37(29-46(70)71)28-43(66)42(30-47(72)73)60-44(67)27-35-11-13-36(14-12-35)31-58-52(81)55-19-5-3-9-41(51(79)80)62-53(82)56-21-7-10-45(68)69;3*2-1-3/h11-18,37,39-42H,3-10,19-33H2,1-2H3,(H,60,67)(H,61,76)(H,68,69)(H,70,71)(H,72,73)(H,74,75)(H,77,78)(H,79,80)(H2,55,58,81)(H2,56,62,82)(H2,57,59,83);;;/t37-,39?,40-,41-,42-;;;/m0.../s1. The number of unbranched alkanes of at least 4 members (excludes halogenated alkanes) is 2. The van der Waals surface area contributed by atoms with Crippen LogP contribution in [-0.2, 0) is 91.3 Å². The number of amides is 6. The number of likely N-dealkylation sites (N-methyl/N-ethyl adjacent to an activating group) is 2. The molecule has 35 heteroatoms. The third-order valence-electron chi connectivity index (χ3n) is 13.4. The predicted octanol–water partition coefficient (Wildman–Crippen LogP) is -1.02. The van der Waals surface area contributed by atoms with E-state index in [-0.39, 0.29) is 89.2 Å². The minimum atomic E-state index is -1.67. The molecule has 1 heterocycles. The Morgan fingerprint density at radius 1 is 0.543 bits per heavy atom. The van der Waals surface area contributed by atoms with E-state index in [1.165, 1.54) is 0 Å². The van der Waals surface area contributed by atoms with Crippen molar-refractivity contribution < 1.29 is 112 Å². The largest absolute Gasteiger partial charge is 0.481 e. The number of urea groups is 2. The van der Waals surface area contributed by atoms with Gasteiger partial charge in [-0.2, -0.15) is 28.8 Å². The third kappa shape index (κ3) is 39.9. The number of Topliss-reactive ketones (excluding diaryl/α,β-unsaturated/α-hetero) is 1. The van der Waals surface area contributed by atoms with Crippen LogP contribution in [0.15, 0.2) is 48.5 Å². The molecule has 5 atom stereocenters. The second-order valence-electron chi connectivity index (χ2n) is 20.6. The van der Waals surface area contributed by atoms with Gasteiger partial charge < -0.3 is 83.0 Å². The molecule has 34 nitrogen and oxygen atoms in total. The van der Waals surface area contributed by atoms with Crippen LogP contribution in [0.5, 0.6) is 0 Å². The second-order valence-corrected chi connectivity index (χ2v) is 21.0. The molecule has 2 aromatic carbocycles. The molecule has 1 aliphatic heterocycles. The number of carbonyl (C=O) groups excluding carboxylic acids is 11. The number of nitrogens with one attached hydrogen (secondary N) is 8. The van der Waals surface area contributed by atoms with E-state index in [0.717, 1.165) is 37.3 Å². The van der Waals surface area contributed by atoms with E-state index in [4.69, 9.17) is 46.1 Å². The topological polar surface area (TPSA) is 518 Å². The molecule has 14 N–H and O–H groups in total. The van der Waals surface area contributed by atoms with Gasteiger partial charge in [-0.3, -0.25) is 38.5 Å². The highest BCUT2D eigenvalue weighted by molar-refractivity contribution is 7.80. The summed E-state index contributed by atoms with van der Waals surface area (Å²) in [7, 11) is 4.08. The van der Waals surface area contributed by atoms with E-state index in [1.54, 1.807) is 24.3 Å². The molecular formula is C57H79N11O23S. The number of hydrogen-bond donors (Lipinski definition) is 14. The van der Waals surface area contributed by atoms with Crippen LogP contribution in [0.1, 0.15) is 87.3 Å². The lowest BCUT2D eigenvalue weighted by Gasteiger charge is -2.30. The van der Waals surface area contributed by atoms with Crippen molar-refractivity contribution in [3.05, 3.63) is 65.2 Å². The number of carboxylic acids is 6. The number of nitrogens with zero attached hydrogens (tertiary/aromatic N) is 3. The van der Waals surface area contributed by atoms with Gasteiger partial charge in [-0.1, -0.05) is 36.4 Å². The lowest BCUT2D eigenvalue weighted by atomic mass is 9.92. The summed E-state index contributed by atoms with van der Waals surface area (Å²) in [6, 6.07) is 8.77. The summed E-state index contributed by atoms with van der Waals surface area (Å²) in [6.45, 7) is 4.29. The molecule has 92 heavy (non-hydrogen) atoms. The SMILES string of the molecule is CN1CCN(CC(=O)O)CCN(C)C(Cc2ccc(NC(=S)NCCCC[C@H](NC(=O)[C@H](CC(=O)O)CC(=O)[C@H](CC(=O)O)NC(=O)Cc3ccc(CNC(=O)NCCCC[C@H](NC(=O)NCCCC(=O)O)C(=O)O)cc3)C(=O)O)cc2)C1.O=C=O.O=C=O.O=C=O. The van der Waals surface area contributed by atoms with Gasteiger partial charge in [0.15, 0.2) is 10.9 Å². The Balaban J connectivity index is 0.00000866. The van der Waals surface area contributed by atoms with Crippen molar-refractivity contribution in [1.82, 2.24) is 51.9 Å². The van der Waals surface area contributed by atoms with Gasteiger partial charge in [-0.05, 0) is 107 Å². The van der Waals surface area contributed by atoms with Gasteiger partial charge in [-0.15, -0.1) is 0 Å².